The molecule has 3 N–H and O–H groups in total. The molecule has 0 spiro atoms. The van der Waals surface area contributed by atoms with E-state index in [2.05, 4.69) is 10.0 Å². The fraction of sp³-hybridized carbons (Fsp3) is 0.350. The average molecular weight is 407 g/mol. The van der Waals surface area contributed by atoms with Crippen molar-refractivity contribution in [1.82, 2.24) is 4.72 Å². The normalized spacial score (nSPS) is 12.5. The van der Waals surface area contributed by atoms with E-state index in [9.17, 15) is 18.3 Å². The first kappa shape index (κ1) is 21.9. The number of carboxylic acids is 1. The van der Waals surface area contributed by atoms with Crippen LogP contribution in [0.2, 0.25) is 0 Å². The Hall–Kier alpha value is -2.42. The zero-order valence-corrected chi connectivity index (χ0v) is 16.8. The van der Waals surface area contributed by atoms with Crippen molar-refractivity contribution in [2.45, 2.75) is 31.2 Å². The van der Waals surface area contributed by atoms with Crippen LogP contribution in [0, 0.1) is 0 Å². The zero-order valence-electron chi connectivity index (χ0n) is 16.0. The number of ether oxygens (including phenoxy) is 1. The van der Waals surface area contributed by atoms with E-state index < -0.39 is 22.0 Å². The van der Waals surface area contributed by atoms with Crippen molar-refractivity contribution in [1.29, 1.82) is 0 Å². The zero-order chi connectivity index (χ0) is 20.6. The molecule has 2 rings (SSSR count). The summed E-state index contributed by atoms with van der Waals surface area (Å²) in [6.45, 7) is 5.32. The van der Waals surface area contributed by atoms with Crippen LogP contribution in [0.25, 0.3) is 0 Å². The van der Waals surface area contributed by atoms with Crippen molar-refractivity contribution in [2.24, 2.45) is 0 Å². The third-order valence-corrected chi connectivity index (χ3v) is 5.72. The van der Waals surface area contributed by atoms with Crippen LogP contribution in [-0.2, 0) is 14.8 Å². The minimum atomic E-state index is -3.95. The minimum Gasteiger partial charge on any atom is -0.478 e. The van der Waals surface area contributed by atoms with Gasteiger partial charge in [0.2, 0.25) is 10.0 Å². The van der Waals surface area contributed by atoms with E-state index in [1.807, 2.05) is 37.3 Å². The summed E-state index contributed by atoms with van der Waals surface area (Å²) in [7, 11) is -3.95. The summed E-state index contributed by atoms with van der Waals surface area (Å²) in [5, 5.41) is 12.3. The van der Waals surface area contributed by atoms with Gasteiger partial charge in [-0.3, -0.25) is 0 Å². The molecule has 0 heterocycles. The Balaban J connectivity index is 2.25. The van der Waals surface area contributed by atoms with Crippen LogP contribution < -0.4 is 10.0 Å². The van der Waals surface area contributed by atoms with Crippen molar-refractivity contribution >= 4 is 21.7 Å². The second kappa shape index (κ2) is 10.2. The Kier molecular flexibility index (Phi) is 7.98. The molecule has 0 aliphatic rings. The quantitative estimate of drug-likeness (QED) is 0.495. The summed E-state index contributed by atoms with van der Waals surface area (Å²) in [5.41, 5.74) is 1.08. The van der Waals surface area contributed by atoms with Gasteiger partial charge in [-0.25, -0.2) is 17.9 Å². The number of nitrogens with one attached hydrogen (secondary N) is 2. The Bertz CT molecular complexity index is 885. The van der Waals surface area contributed by atoms with Crippen LogP contribution in [0.3, 0.4) is 0 Å². The molecule has 0 saturated carbocycles. The van der Waals surface area contributed by atoms with Crippen molar-refractivity contribution in [3.05, 3.63) is 59.7 Å². The lowest BCUT2D eigenvalue weighted by atomic mass is 10.1. The Morgan fingerprint density at radius 1 is 1.18 bits per heavy atom. The van der Waals surface area contributed by atoms with E-state index in [-0.39, 0.29) is 10.5 Å². The molecule has 0 amide bonds. The van der Waals surface area contributed by atoms with Crippen LogP contribution in [0.15, 0.2) is 53.4 Å². The van der Waals surface area contributed by atoms with Gasteiger partial charge >= 0.3 is 5.97 Å². The van der Waals surface area contributed by atoms with Crippen LogP contribution >= 0.6 is 0 Å². The number of carbonyl (C=O) groups is 1. The molecule has 2 aromatic carbocycles. The molecule has 2 aromatic rings. The highest BCUT2D eigenvalue weighted by Crippen LogP contribution is 2.25. The predicted molar refractivity (Wildman–Crippen MR) is 108 cm³/mol. The van der Waals surface area contributed by atoms with Gasteiger partial charge in [0.15, 0.2) is 0 Å². The van der Waals surface area contributed by atoms with E-state index in [1.165, 1.54) is 18.2 Å². The van der Waals surface area contributed by atoms with E-state index in [1.54, 1.807) is 6.92 Å². The molecule has 0 radical (unpaired) electrons. The smallest absolute Gasteiger partial charge is 0.335 e. The van der Waals surface area contributed by atoms with E-state index >= 15 is 0 Å². The van der Waals surface area contributed by atoms with Gasteiger partial charge < -0.3 is 15.2 Å². The van der Waals surface area contributed by atoms with Crippen molar-refractivity contribution in [2.75, 3.05) is 25.1 Å². The first-order valence-corrected chi connectivity index (χ1v) is 10.6. The first-order valence-electron chi connectivity index (χ1n) is 9.11. The number of benzene rings is 2. The predicted octanol–water partition coefficient (Wildman–Crippen LogP) is 3.26. The van der Waals surface area contributed by atoms with E-state index in [0.29, 0.717) is 31.9 Å². The van der Waals surface area contributed by atoms with E-state index in [4.69, 9.17) is 4.74 Å². The van der Waals surface area contributed by atoms with Gasteiger partial charge in [0.25, 0.3) is 0 Å². The molecular weight excluding hydrogens is 380 g/mol. The number of hydrogen-bond acceptors (Lipinski definition) is 5. The van der Waals surface area contributed by atoms with Crippen molar-refractivity contribution < 1.29 is 23.1 Å². The molecule has 0 aliphatic carbocycles. The summed E-state index contributed by atoms with van der Waals surface area (Å²) < 4.78 is 33.8. The molecule has 0 unspecified atom stereocenters. The lowest BCUT2D eigenvalue weighted by Gasteiger charge is -2.18. The third-order valence-electron chi connectivity index (χ3n) is 4.13. The van der Waals surface area contributed by atoms with Crippen LogP contribution in [0.1, 0.15) is 42.2 Å². The standard InChI is InChI=1S/C20H26N2O5S/c1-3-27-13-7-12-21-18-11-10-17(20(23)24)14-19(18)28(25,26)22-15(2)16-8-5-4-6-9-16/h4-6,8-11,14-15,21-22H,3,7,12-13H2,1-2H3,(H,23,24)/t15-/m1/s1. The van der Waals surface area contributed by atoms with Gasteiger partial charge in [-0.15, -0.1) is 0 Å². The lowest BCUT2D eigenvalue weighted by molar-refractivity contribution is 0.0696. The van der Waals surface area contributed by atoms with Crippen LogP contribution in [0.5, 0.6) is 0 Å². The van der Waals surface area contributed by atoms with Crippen LogP contribution in [-0.4, -0.2) is 39.3 Å². The molecule has 8 heteroatoms. The highest BCUT2D eigenvalue weighted by molar-refractivity contribution is 7.89. The number of carboxylic acid groups (broad SMARTS) is 1. The molecule has 0 saturated heterocycles. The van der Waals surface area contributed by atoms with Crippen molar-refractivity contribution in [3.8, 4) is 0 Å². The Morgan fingerprint density at radius 2 is 1.89 bits per heavy atom. The summed E-state index contributed by atoms with van der Waals surface area (Å²) in [6.07, 6.45) is 0.696. The summed E-state index contributed by atoms with van der Waals surface area (Å²) in [6, 6.07) is 12.7. The number of anilines is 1. The number of sulfonamides is 1. The molecule has 152 valence electrons. The highest BCUT2D eigenvalue weighted by Gasteiger charge is 2.23. The average Bonchev–Trinajstić information content (AvgIpc) is 2.68. The molecule has 1 atom stereocenters. The summed E-state index contributed by atoms with van der Waals surface area (Å²) in [5.74, 6) is -1.18. The monoisotopic (exact) mass is 406 g/mol. The topological polar surface area (TPSA) is 105 Å². The fourth-order valence-corrected chi connectivity index (χ4v) is 4.11. The molecular formula is C20H26N2O5S. The summed E-state index contributed by atoms with van der Waals surface area (Å²) >= 11 is 0. The maximum atomic E-state index is 13.0. The molecule has 7 nitrogen and oxygen atoms in total. The molecule has 0 fully saturated rings. The number of hydrogen-bond donors (Lipinski definition) is 3. The Labute approximate surface area is 165 Å². The molecule has 0 aliphatic heterocycles. The molecule has 0 aromatic heterocycles. The maximum Gasteiger partial charge on any atom is 0.335 e. The fourth-order valence-electron chi connectivity index (χ4n) is 2.67. The second-order valence-corrected chi connectivity index (χ2v) is 7.93. The minimum absolute atomic E-state index is 0.0902. The van der Waals surface area contributed by atoms with Gasteiger partial charge in [-0.2, -0.15) is 0 Å². The lowest BCUT2D eigenvalue weighted by Crippen LogP contribution is -2.28. The largest absolute Gasteiger partial charge is 0.478 e. The van der Waals surface area contributed by atoms with Crippen LogP contribution in [0.4, 0.5) is 5.69 Å². The molecule has 28 heavy (non-hydrogen) atoms. The Morgan fingerprint density at radius 3 is 2.54 bits per heavy atom. The van der Waals surface area contributed by atoms with Gasteiger partial charge in [-0.1, -0.05) is 30.3 Å². The second-order valence-electron chi connectivity index (χ2n) is 6.25. The molecule has 0 bridgehead atoms. The van der Waals surface area contributed by atoms with Crippen molar-refractivity contribution in [3.63, 3.8) is 0 Å². The van der Waals surface area contributed by atoms with E-state index in [0.717, 1.165) is 5.56 Å². The summed E-state index contributed by atoms with van der Waals surface area (Å²) in [4.78, 5) is 11.2. The highest BCUT2D eigenvalue weighted by atomic mass is 32.2. The number of rotatable bonds is 11. The van der Waals surface area contributed by atoms with Gasteiger partial charge in [-0.05, 0) is 44.0 Å². The maximum absolute atomic E-state index is 13.0. The van der Waals surface area contributed by atoms with Gasteiger partial charge in [0, 0.05) is 25.8 Å². The van der Waals surface area contributed by atoms with Gasteiger partial charge in [0.1, 0.15) is 4.90 Å². The SMILES string of the molecule is CCOCCCNc1ccc(C(=O)O)cc1S(=O)(=O)N[C@H](C)c1ccccc1. The number of aromatic carboxylic acids is 1. The first-order chi connectivity index (χ1) is 13.3. The third kappa shape index (κ3) is 6.05. The van der Waals surface area contributed by atoms with Gasteiger partial charge in [0.05, 0.1) is 11.3 Å².